The Hall–Kier alpha value is -1.79. The van der Waals surface area contributed by atoms with Crippen molar-refractivity contribution >= 4 is 11.8 Å². The Morgan fingerprint density at radius 1 is 1.15 bits per heavy atom. The third-order valence-electron chi connectivity index (χ3n) is 3.66. The molecule has 1 nitrogen and oxygen atoms in total. The van der Waals surface area contributed by atoms with E-state index in [0.717, 1.165) is 6.42 Å². The Morgan fingerprint density at radius 3 is 2.85 bits per heavy atom. The van der Waals surface area contributed by atoms with Crippen molar-refractivity contribution in [3.8, 4) is 6.07 Å². The molecular formula is C17H14FNS. The number of benzene rings is 2. The summed E-state index contributed by atoms with van der Waals surface area (Å²) >= 11 is 1.62. The summed E-state index contributed by atoms with van der Waals surface area (Å²) in [4.78, 5) is 1.17. The Labute approximate surface area is 122 Å². The quantitative estimate of drug-likeness (QED) is 0.776. The molecule has 20 heavy (non-hydrogen) atoms. The summed E-state index contributed by atoms with van der Waals surface area (Å²) in [5, 5.41) is 8.84. The van der Waals surface area contributed by atoms with Crippen molar-refractivity contribution < 1.29 is 4.39 Å². The molecule has 0 unspecified atom stereocenters. The van der Waals surface area contributed by atoms with Gasteiger partial charge in [-0.15, -0.1) is 11.8 Å². The second-order valence-electron chi connectivity index (χ2n) is 4.96. The highest BCUT2D eigenvalue weighted by Crippen LogP contribution is 2.30. The third-order valence-corrected chi connectivity index (χ3v) is 4.71. The van der Waals surface area contributed by atoms with Crippen molar-refractivity contribution in [2.75, 3.05) is 0 Å². The molecule has 0 spiro atoms. The first kappa shape index (κ1) is 13.2. The zero-order valence-electron chi connectivity index (χ0n) is 11.0. The standard InChI is InChI=1S/C17H14FNS/c18-17-14(10-19)5-2-6-15(17)11-20-16-8-7-12-3-1-4-13(12)9-16/h2,5-9H,1,3-4,11H2. The van der Waals surface area contributed by atoms with Gasteiger partial charge in [-0.1, -0.05) is 18.2 Å². The van der Waals surface area contributed by atoms with Crippen molar-refractivity contribution in [1.82, 2.24) is 0 Å². The Balaban J connectivity index is 1.76. The number of aryl methyl sites for hydroxylation is 2. The SMILES string of the molecule is N#Cc1cccc(CSc2ccc3c(c2)CCC3)c1F. The second-order valence-corrected chi connectivity index (χ2v) is 6.01. The fourth-order valence-corrected chi connectivity index (χ4v) is 3.51. The van der Waals surface area contributed by atoms with Crippen LogP contribution in [0.4, 0.5) is 4.39 Å². The van der Waals surface area contributed by atoms with Crippen LogP contribution in [0.2, 0.25) is 0 Å². The first-order valence-corrected chi connectivity index (χ1v) is 7.68. The van der Waals surface area contributed by atoms with Gasteiger partial charge >= 0.3 is 0 Å². The average Bonchev–Trinajstić information content (AvgIpc) is 2.93. The maximum Gasteiger partial charge on any atom is 0.144 e. The van der Waals surface area contributed by atoms with Gasteiger partial charge in [0.15, 0.2) is 0 Å². The van der Waals surface area contributed by atoms with Gasteiger partial charge in [0.05, 0.1) is 5.56 Å². The highest BCUT2D eigenvalue weighted by molar-refractivity contribution is 7.98. The summed E-state index contributed by atoms with van der Waals surface area (Å²) in [6.45, 7) is 0. The van der Waals surface area contributed by atoms with E-state index in [1.807, 2.05) is 6.07 Å². The lowest BCUT2D eigenvalue weighted by Gasteiger charge is -2.06. The summed E-state index contributed by atoms with van der Waals surface area (Å²) in [5.41, 5.74) is 3.60. The summed E-state index contributed by atoms with van der Waals surface area (Å²) in [7, 11) is 0. The van der Waals surface area contributed by atoms with Gasteiger partial charge in [-0.05, 0) is 54.2 Å². The van der Waals surface area contributed by atoms with Gasteiger partial charge in [0.2, 0.25) is 0 Å². The van der Waals surface area contributed by atoms with Gasteiger partial charge < -0.3 is 0 Å². The Kier molecular flexibility index (Phi) is 3.75. The highest BCUT2D eigenvalue weighted by atomic mass is 32.2. The molecule has 0 saturated heterocycles. The summed E-state index contributed by atoms with van der Waals surface area (Å²) < 4.78 is 14.0. The van der Waals surface area contributed by atoms with Gasteiger partial charge in [0, 0.05) is 10.6 Å². The Bertz CT molecular complexity index is 688. The van der Waals surface area contributed by atoms with Gasteiger partial charge in [0.1, 0.15) is 11.9 Å². The topological polar surface area (TPSA) is 23.8 Å². The molecule has 2 aromatic carbocycles. The van der Waals surface area contributed by atoms with E-state index in [0.29, 0.717) is 11.3 Å². The Morgan fingerprint density at radius 2 is 2.00 bits per heavy atom. The van der Waals surface area contributed by atoms with E-state index in [4.69, 9.17) is 5.26 Å². The summed E-state index contributed by atoms with van der Waals surface area (Å²) in [5.74, 6) is 0.170. The molecule has 2 aromatic rings. The van der Waals surface area contributed by atoms with Gasteiger partial charge in [-0.3, -0.25) is 0 Å². The number of nitrogens with zero attached hydrogens (tertiary/aromatic N) is 1. The lowest BCUT2D eigenvalue weighted by Crippen LogP contribution is -1.92. The molecule has 1 aliphatic carbocycles. The van der Waals surface area contributed by atoms with Crippen molar-refractivity contribution in [3.05, 3.63) is 64.5 Å². The minimum atomic E-state index is -0.385. The molecule has 1 aliphatic rings. The molecule has 0 radical (unpaired) electrons. The number of halogens is 1. The van der Waals surface area contributed by atoms with Crippen LogP contribution in [-0.2, 0) is 18.6 Å². The van der Waals surface area contributed by atoms with E-state index in [2.05, 4.69) is 18.2 Å². The lowest BCUT2D eigenvalue weighted by atomic mass is 10.1. The van der Waals surface area contributed by atoms with Crippen molar-refractivity contribution in [1.29, 1.82) is 5.26 Å². The van der Waals surface area contributed by atoms with Crippen LogP contribution in [0.5, 0.6) is 0 Å². The molecule has 0 heterocycles. The minimum Gasteiger partial charge on any atom is -0.205 e. The molecular weight excluding hydrogens is 269 g/mol. The molecule has 0 aromatic heterocycles. The van der Waals surface area contributed by atoms with E-state index < -0.39 is 0 Å². The van der Waals surface area contributed by atoms with E-state index >= 15 is 0 Å². The van der Waals surface area contributed by atoms with E-state index in [1.54, 1.807) is 23.9 Å². The number of thioether (sulfide) groups is 1. The monoisotopic (exact) mass is 283 g/mol. The average molecular weight is 283 g/mol. The first-order chi connectivity index (χ1) is 9.78. The maximum absolute atomic E-state index is 14.0. The lowest BCUT2D eigenvalue weighted by molar-refractivity contribution is 0.613. The van der Waals surface area contributed by atoms with E-state index in [-0.39, 0.29) is 11.4 Å². The van der Waals surface area contributed by atoms with Crippen LogP contribution < -0.4 is 0 Å². The molecule has 0 amide bonds. The molecule has 0 bridgehead atoms. The largest absolute Gasteiger partial charge is 0.205 e. The van der Waals surface area contributed by atoms with E-state index in [9.17, 15) is 4.39 Å². The van der Waals surface area contributed by atoms with Crippen LogP contribution in [0.25, 0.3) is 0 Å². The van der Waals surface area contributed by atoms with Crippen LogP contribution in [0.1, 0.15) is 28.7 Å². The molecule has 0 aliphatic heterocycles. The van der Waals surface area contributed by atoms with Crippen LogP contribution >= 0.6 is 11.8 Å². The fraction of sp³-hybridized carbons (Fsp3) is 0.235. The van der Waals surface area contributed by atoms with Crippen LogP contribution in [0.3, 0.4) is 0 Å². The van der Waals surface area contributed by atoms with Gasteiger partial charge in [-0.2, -0.15) is 5.26 Å². The summed E-state index contributed by atoms with van der Waals surface area (Å²) in [6, 6.07) is 13.4. The van der Waals surface area contributed by atoms with Crippen LogP contribution in [0, 0.1) is 17.1 Å². The van der Waals surface area contributed by atoms with Gasteiger partial charge in [0.25, 0.3) is 0 Å². The normalized spacial score (nSPS) is 13.0. The van der Waals surface area contributed by atoms with Crippen LogP contribution in [-0.4, -0.2) is 0 Å². The number of rotatable bonds is 3. The predicted molar refractivity (Wildman–Crippen MR) is 79.1 cm³/mol. The van der Waals surface area contributed by atoms with Crippen LogP contribution in [0.15, 0.2) is 41.3 Å². The molecule has 0 atom stereocenters. The smallest absolute Gasteiger partial charge is 0.144 e. The minimum absolute atomic E-state index is 0.122. The van der Waals surface area contributed by atoms with Crippen molar-refractivity contribution in [2.24, 2.45) is 0 Å². The van der Waals surface area contributed by atoms with Crippen molar-refractivity contribution in [3.63, 3.8) is 0 Å². The predicted octanol–water partition coefficient (Wildman–Crippen LogP) is 4.48. The van der Waals surface area contributed by atoms with Gasteiger partial charge in [-0.25, -0.2) is 4.39 Å². The first-order valence-electron chi connectivity index (χ1n) is 6.70. The maximum atomic E-state index is 14.0. The van der Waals surface area contributed by atoms with E-state index in [1.165, 1.54) is 34.9 Å². The summed E-state index contributed by atoms with van der Waals surface area (Å²) in [6.07, 6.45) is 3.57. The van der Waals surface area contributed by atoms with Crippen molar-refractivity contribution in [2.45, 2.75) is 29.9 Å². The fourth-order valence-electron chi connectivity index (χ4n) is 2.58. The number of nitriles is 1. The number of hydrogen-bond donors (Lipinski definition) is 0. The molecule has 0 fully saturated rings. The number of fused-ring (bicyclic) bond motifs is 1. The molecule has 3 rings (SSSR count). The third kappa shape index (κ3) is 2.57. The molecule has 3 heteroatoms. The molecule has 100 valence electrons. The zero-order valence-corrected chi connectivity index (χ0v) is 11.8. The number of hydrogen-bond acceptors (Lipinski definition) is 2. The molecule has 0 N–H and O–H groups in total. The zero-order chi connectivity index (χ0) is 13.9. The highest BCUT2D eigenvalue weighted by Gasteiger charge is 2.12. The molecule has 0 saturated carbocycles. The second kappa shape index (κ2) is 5.68.